The quantitative estimate of drug-likeness (QED) is 0.832. The van der Waals surface area contributed by atoms with Gasteiger partial charge in [0.1, 0.15) is 5.52 Å². The molecule has 3 rings (SSSR count). The van der Waals surface area contributed by atoms with Crippen molar-refractivity contribution in [3.05, 3.63) is 10.5 Å². The van der Waals surface area contributed by atoms with Crippen LogP contribution in [-0.2, 0) is 12.6 Å². The summed E-state index contributed by atoms with van der Waals surface area (Å²) in [5.41, 5.74) is 3.50. The van der Waals surface area contributed by atoms with E-state index in [1.807, 2.05) is 18.7 Å². The lowest BCUT2D eigenvalue weighted by Crippen LogP contribution is -2.40. The van der Waals surface area contributed by atoms with Crippen molar-refractivity contribution in [3.8, 4) is 0 Å². The van der Waals surface area contributed by atoms with Crippen molar-refractivity contribution in [3.63, 3.8) is 0 Å². The molecule has 17 heavy (non-hydrogen) atoms. The zero-order chi connectivity index (χ0) is 12.2. The molecule has 92 valence electrons. The average Bonchev–Trinajstić information content (AvgIpc) is 2.68. The van der Waals surface area contributed by atoms with Crippen molar-refractivity contribution in [2.45, 2.75) is 45.1 Å². The van der Waals surface area contributed by atoms with Gasteiger partial charge in [0.2, 0.25) is 0 Å². The molecule has 0 amide bonds. The Kier molecular flexibility index (Phi) is 2.23. The summed E-state index contributed by atoms with van der Waals surface area (Å²) in [7, 11) is 2.00. The van der Waals surface area contributed by atoms with E-state index in [9.17, 15) is 0 Å². The summed E-state index contributed by atoms with van der Waals surface area (Å²) in [5, 5.41) is 4.48. The van der Waals surface area contributed by atoms with Crippen LogP contribution in [-0.4, -0.2) is 19.3 Å². The van der Waals surface area contributed by atoms with Gasteiger partial charge in [0.15, 0.2) is 10.4 Å². The average molecular weight is 250 g/mol. The molecule has 2 aromatic heterocycles. The van der Waals surface area contributed by atoms with Crippen LogP contribution in [0.15, 0.2) is 0 Å². The lowest BCUT2D eigenvalue weighted by Gasteiger charge is -2.42. The standard InChI is InChI=1S/C12H18N4S/c1-4-12(6-5-7-12)16-10-9(13-11(16)17)8(2)14-15(10)3/h4-7H2,1-3H3,(H,13,17). The molecule has 0 radical (unpaired) electrons. The summed E-state index contributed by atoms with van der Waals surface area (Å²) in [5.74, 6) is 0. The first-order chi connectivity index (χ1) is 8.09. The topological polar surface area (TPSA) is 38.5 Å². The molecular weight excluding hydrogens is 232 g/mol. The zero-order valence-corrected chi connectivity index (χ0v) is 11.4. The van der Waals surface area contributed by atoms with Gasteiger partial charge in [-0.3, -0.25) is 9.25 Å². The number of hydrogen-bond acceptors (Lipinski definition) is 2. The van der Waals surface area contributed by atoms with Crippen LogP contribution >= 0.6 is 12.2 Å². The summed E-state index contributed by atoms with van der Waals surface area (Å²) >= 11 is 5.51. The van der Waals surface area contributed by atoms with E-state index in [1.165, 1.54) is 19.3 Å². The molecule has 0 saturated heterocycles. The molecule has 1 saturated carbocycles. The third-order valence-corrected chi connectivity index (χ3v) is 4.54. The van der Waals surface area contributed by atoms with Gasteiger partial charge in [-0.25, -0.2) is 0 Å². The maximum Gasteiger partial charge on any atom is 0.179 e. The van der Waals surface area contributed by atoms with Crippen LogP contribution in [0, 0.1) is 11.7 Å². The summed E-state index contributed by atoms with van der Waals surface area (Å²) in [6.45, 7) is 4.28. The number of nitrogens with one attached hydrogen (secondary N) is 1. The second-order valence-electron chi connectivity index (χ2n) is 5.10. The van der Waals surface area contributed by atoms with Crippen LogP contribution in [0.4, 0.5) is 0 Å². The third kappa shape index (κ3) is 1.29. The van der Waals surface area contributed by atoms with Crippen molar-refractivity contribution < 1.29 is 0 Å². The minimum atomic E-state index is 0.232. The summed E-state index contributed by atoms with van der Waals surface area (Å²) in [6, 6.07) is 0. The largest absolute Gasteiger partial charge is 0.328 e. The smallest absolute Gasteiger partial charge is 0.179 e. The van der Waals surface area contributed by atoms with Gasteiger partial charge in [-0.2, -0.15) is 5.10 Å². The Labute approximate surface area is 106 Å². The number of aromatic nitrogens is 4. The van der Waals surface area contributed by atoms with Gasteiger partial charge >= 0.3 is 0 Å². The number of rotatable bonds is 2. The first-order valence-corrected chi connectivity index (χ1v) is 6.65. The molecule has 1 fully saturated rings. The number of fused-ring (bicyclic) bond motifs is 1. The van der Waals surface area contributed by atoms with Crippen molar-refractivity contribution >= 4 is 23.4 Å². The van der Waals surface area contributed by atoms with Gasteiger partial charge in [-0.05, 0) is 44.8 Å². The fourth-order valence-electron chi connectivity index (χ4n) is 3.07. The van der Waals surface area contributed by atoms with Crippen molar-refractivity contribution in [2.75, 3.05) is 0 Å². The maximum absolute atomic E-state index is 5.51. The number of nitrogens with zero attached hydrogens (tertiary/aromatic N) is 3. The van der Waals surface area contributed by atoms with Crippen LogP contribution < -0.4 is 0 Å². The molecule has 0 unspecified atom stereocenters. The highest BCUT2D eigenvalue weighted by Crippen LogP contribution is 2.44. The van der Waals surface area contributed by atoms with E-state index in [0.29, 0.717) is 0 Å². The molecule has 1 N–H and O–H groups in total. The fourth-order valence-corrected chi connectivity index (χ4v) is 3.45. The molecule has 0 atom stereocenters. The molecule has 1 aliphatic carbocycles. The Morgan fingerprint density at radius 2 is 2.18 bits per heavy atom. The minimum absolute atomic E-state index is 0.232. The van der Waals surface area contributed by atoms with Gasteiger partial charge < -0.3 is 4.98 Å². The van der Waals surface area contributed by atoms with Crippen molar-refractivity contribution in [1.29, 1.82) is 0 Å². The molecule has 0 spiro atoms. The van der Waals surface area contributed by atoms with E-state index >= 15 is 0 Å². The highest BCUT2D eigenvalue weighted by Gasteiger charge is 2.39. The zero-order valence-electron chi connectivity index (χ0n) is 10.6. The van der Waals surface area contributed by atoms with E-state index in [0.717, 1.165) is 28.0 Å². The highest BCUT2D eigenvalue weighted by molar-refractivity contribution is 7.71. The molecule has 0 aromatic carbocycles. The number of aromatic amines is 1. The van der Waals surface area contributed by atoms with Gasteiger partial charge in [-0.1, -0.05) is 6.92 Å². The lowest BCUT2D eigenvalue weighted by molar-refractivity contribution is 0.138. The van der Waals surface area contributed by atoms with Crippen LogP contribution in [0.25, 0.3) is 11.2 Å². The third-order valence-electron chi connectivity index (χ3n) is 4.26. The van der Waals surface area contributed by atoms with E-state index < -0.39 is 0 Å². The number of aryl methyl sites for hydroxylation is 2. The number of H-pyrrole nitrogens is 1. The van der Waals surface area contributed by atoms with Crippen LogP contribution in [0.2, 0.25) is 0 Å². The molecule has 2 aromatic rings. The normalized spacial score (nSPS) is 18.5. The number of imidazole rings is 1. The Morgan fingerprint density at radius 3 is 2.71 bits per heavy atom. The molecule has 5 heteroatoms. The monoisotopic (exact) mass is 250 g/mol. The van der Waals surface area contributed by atoms with E-state index in [2.05, 4.69) is 21.6 Å². The van der Waals surface area contributed by atoms with Crippen LogP contribution in [0.5, 0.6) is 0 Å². The van der Waals surface area contributed by atoms with E-state index in [1.54, 1.807) is 0 Å². The van der Waals surface area contributed by atoms with Crippen molar-refractivity contribution in [1.82, 2.24) is 19.3 Å². The molecule has 0 aliphatic heterocycles. The first-order valence-electron chi connectivity index (χ1n) is 6.24. The molecule has 4 nitrogen and oxygen atoms in total. The highest BCUT2D eigenvalue weighted by atomic mass is 32.1. The predicted octanol–water partition coefficient (Wildman–Crippen LogP) is 3.03. The van der Waals surface area contributed by atoms with Gasteiger partial charge in [0.05, 0.1) is 5.69 Å². The summed E-state index contributed by atoms with van der Waals surface area (Å²) in [6.07, 6.45) is 4.90. The SMILES string of the molecule is CCC1(n2c(=S)[nH]c3c(C)nn(C)c32)CCC1. The lowest BCUT2D eigenvalue weighted by atomic mass is 9.74. The summed E-state index contributed by atoms with van der Waals surface area (Å²) < 4.78 is 5.10. The minimum Gasteiger partial charge on any atom is -0.328 e. The van der Waals surface area contributed by atoms with Gasteiger partial charge in [0, 0.05) is 12.6 Å². The Morgan fingerprint density at radius 1 is 1.47 bits per heavy atom. The fraction of sp³-hybridized carbons (Fsp3) is 0.667. The van der Waals surface area contributed by atoms with Crippen LogP contribution in [0.3, 0.4) is 0 Å². The van der Waals surface area contributed by atoms with Gasteiger partial charge in [0.25, 0.3) is 0 Å². The molecular formula is C12H18N4S. The second-order valence-corrected chi connectivity index (χ2v) is 5.49. The maximum atomic E-state index is 5.51. The summed E-state index contributed by atoms with van der Waals surface area (Å²) in [4.78, 5) is 3.32. The van der Waals surface area contributed by atoms with Crippen molar-refractivity contribution in [2.24, 2.45) is 7.05 Å². The Bertz CT molecular complexity index is 621. The molecule has 0 bridgehead atoms. The van der Waals surface area contributed by atoms with E-state index in [4.69, 9.17) is 12.2 Å². The van der Waals surface area contributed by atoms with Gasteiger partial charge in [-0.15, -0.1) is 0 Å². The van der Waals surface area contributed by atoms with Crippen LogP contribution in [0.1, 0.15) is 38.3 Å². The first kappa shape index (κ1) is 11.0. The number of hydrogen-bond donors (Lipinski definition) is 1. The second kappa shape index (κ2) is 3.45. The predicted molar refractivity (Wildman–Crippen MR) is 70.7 cm³/mol. The molecule has 1 aliphatic rings. The Balaban J connectivity index is 2.35. The Hall–Kier alpha value is -1.10. The van der Waals surface area contributed by atoms with E-state index in [-0.39, 0.29) is 5.54 Å². The molecule has 2 heterocycles.